The van der Waals surface area contributed by atoms with Crippen molar-refractivity contribution in [2.75, 3.05) is 29.4 Å². The first kappa shape index (κ1) is 21.8. The zero-order valence-corrected chi connectivity index (χ0v) is 20.3. The van der Waals surface area contributed by atoms with E-state index in [2.05, 4.69) is 11.9 Å². The second-order valence-corrected chi connectivity index (χ2v) is 10.9. The number of hydrogen-bond donors (Lipinski definition) is 0. The summed E-state index contributed by atoms with van der Waals surface area (Å²) in [5, 5.41) is 0.137. The highest BCUT2D eigenvalue weighted by molar-refractivity contribution is 7.23. The lowest BCUT2D eigenvalue weighted by Crippen LogP contribution is -2.40. The molecule has 0 saturated carbocycles. The summed E-state index contributed by atoms with van der Waals surface area (Å²) in [5.41, 5.74) is 1.21. The SMILES string of the molecule is C[C@@H]1CCCN(c2c(F)c(N3CCCC[C@H]3C)c(F)c3sc4nc5ccccc5n4c(=O)c23)C1. The van der Waals surface area contributed by atoms with Crippen molar-refractivity contribution in [1.29, 1.82) is 0 Å². The van der Waals surface area contributed by atoms with Gasteiger partial charge in [0, 0.05) is 25.7 Å². The van der Waals surface area contributed by atoms with Gasteiger partial charge in [-0.25, -0.2) is 18.2 Å². The van der Waals surface area contributed by atoms with Crippen LogP contribution in [0.4, 0.5) is 20.2 Å². The van der Waals surface area contributed by atoms with E-state index in [1.165, 1.54) is 4.40 Å². The van der Waals surface area contributed by atoms with Gasteiger partial charge in [0.15, 0.2) is 16.6 Å². The fourth-order valence-corrected chi connectivity index (χ4v) is 6.85. The summed E-state index contributed by atoms with van der Waals surface area (Å²) >= 11 is 1.14. The van der Waals surface area contributed by atoms with Crippen LogP contribution in [0.1, 0.15) is 46.0 Å². The molecule has 2 aliphatic heterocycles. The van der Waals surface area contributed by atoms with E-state index in [9.17, 15) is 4.79 Å². The van der Waals surface area contributed by atoms with E-state index in [1.54, 1.807) is 0 Å². The van der Waals surface area contributed by atoms with Gasteiger partial charge in [0.1, 0.15) is 5.69 Å². The number of aromatic nitrogens is 2. The summed E-state index contributed by atoms with van der Waals surface area (Å²) < 4.78 is 34.4. The number of rotatable bonds is 2. The molecule has 5 nitrogen and oxygen atoms in total. The molecule has 4 aromatic rings. The number of nitrogens with zero attached hydrogens (tertiary/aromatic N) is 4. The number of anilines is 2. The molecule has 0 bridgehead atoms. The third-order valence-electron chi connectivity index (χ3n) is 7.49. The van der Waals surface area contributed by atoms with Gasteiger partial charge in [0.05, 0.1) is 26.8 Å². The molecular formula is C26H28F2N4OS. The van der Waals surface area contributed by atoms with Gasteiger partial charge in [-0.1, -0.05) is 30.4 Å². The Kier molecular flexibility index (Phi) is 5.24. The average Bonchev–Trinajstić information content (AvgIpc) is 3.20. The molecule has 2 saturated heterocycles. The van der Waals surface area contributed by atoms with Gasteiger partial charge >= 0.3 is 0 Å². The first-order valence-corrected chi connectivity index (χ1v) is 13.0. The van der Waals surface area contributed by atoms with E-state index in [0.717, 1.165) is 43.4 Å². The number of imidazole rings is 1. The van der Waals surface area contributed by atoms with Crippen molar-refractivity contribution in [2.45, 2.75) is 52.0 Å². The van der Waals surface area contributed by atoms with Crippen LogP contribution < -0.4 is 15.4 Å². The van der Waals surface area contributed by atoms with Crippen LogP contribution in [0.25, 0.3) is 26.1 Å². The fourth-order valence-electron chi connectivity index (χ4n) is 5.78. The lowest BCUT2D eigenvalue weighted by molar-refractivity contribution is 0.439. The zero-order valence-electron chi connectivity index (χ0n) is 19.5. The van der Waals surface area contributed by atoms with Crippen LogP contribution in [-0.2, 0) is 0 Å². The zero-order chi connectivity index (χ0) is 23.6. The molecule has 0 amide bonds. The van der Waals surface area contributed by atoms with Crippen LogP contribution in [0, 0.1) is 17.6 Å². The number of halogens is 2. The average molecular weight is 483 g/mol. The second-order valence-electron chi connectivity index (χ2n) is 9.89. The second kappa shape index (κ2) is 8.18. The van der Waals surface area contributed by atoms with Crippen LogP contribution >= 0.6 is 11.3 Å². The first-order valence-electron chi connectivity index (χ1n) is 12.2. The summed E-state index contributed by atoms with van der Waals surface area (Å²) in [6.07, 6.45) is 4.84. The molecule has 2 aromatic carbocycles. The standard InChI is InChI=1S/C26H28F2N4OS/c1-15-8-7-12-30(14-15)22-19-24(21(28)23(20(22)27)31-13-6-5-9-16(31)2)34-26-29-17-10-3-4-11-18(17)32(26)25(19)33/h3-4,10-11,15-16H,5-9,12-14H2,1-2H3/t15-,16-/m1/s1. The number of para-hydroxylation sites is 2. The quantitative estimate of drug-likeness (QED) is 0.354. The lowest BCUT2D eigenvalue weighted by Gasteiger charge is -2.38. The maximum Gasteiger partial charge on any atom is 0.268 e. The third-order valence-corrected chi connectivity index (χ3v) is 8.53. The molecule has 2 atom stereocenters. The summed E-state index contributed by atoms with van der Waals surface area (Å²) in [7, 11) is 0. The normalized spacial score (nSPS) is 21.8. The summed E-state index contributed by atoms with van der Waals surface area (Å²) in [6.45, 7) is 6.09. The van der Waals surface area contributed by atoms with Crippen molar-refractivity contribution in [3.63, 3.8) is 0 Å². The van der Waals surface area contributed by atoms with Gasteiger partial charge < -0.3 is 9.80 Å². The van der Waals surface area contributed by atoms with E-state index in [1.807, 2.05) is 41.0 Å². The Morgan fingerprint density at radius 1 is 1.00 bits per heavy atom. The van der Waals surface area contributed by atoms with Crippen molar-refractivity contribution < 1.29 is 8.78 Å². The number of piperidine rings is 2. The topological polar surface area (TPSA) is 40.9 Å². The van der Waals surface area contributed by atoms with E-state index in [4.69, 9.17) is 0 Å². The predicted molar refractivity (Wildman–Crippen MR) is 136 cm³/mol. The Hall–Kier alpha value is -2.74. The Balaban J connectivity index is 1.73. The highest BCUT2D eigenvalue weighted by Gasteiger charge is 2.33. The van der Waals surface area contributed by atoms with Crippen molar-refractivity contribution in [2.24, 2.45) is 5.92 Å². The molecule has 0 radical (unpaired) electrons. The maximum atomic E-state index is 16.5. The van der Waals surface area contributed by atoms with E-state index in [0.29, 0.717) is 41.5 Å². The smallest absolute Gasteiger partial charge is 0.268 e. The first-order chi connectivity index (χ1) is 16.5. The molecule has 6 rings (SSSR count). The highest BCUT2D eigenvalue weighted by atomic mass is 32.1. The maximum absolute atomic E-state index is 16.5. The summed E-state index contributed by atoms with van der Waals surface area (Å²) in [6, 6.07) is 7.41. The van der Waals surface area contributed by atoms with Gasteiger partial charge in [-0.2, -0.15) is 0 Å². The molecule has 34 heavy (non-hydrogen) atoms. The van der Waals surface area contributed by atoms with E-state index in [-0.39, 0.29) is 27.5 Å². The number of fused-ring (bicyclic) bond motifs is 4. The molecule has 4 heterocycles. The molecule has 0 spiro atoms. The van der Waals surface area contributed by atoms with Crippen molar-refractivity contribution in [1.82, 2.24) is 9.38 Å². The van der Waals surface area contributed by atoms with Crippen molar-refractivity contribution >= 4 is 48.8 Å². The van der Waals surface area contributed by atoms with Crippen molar-refractivity contribution in [3.8, 4) is 0 Å². The Bertz CT molecular complexity index is 1480. The van der Waals surface area contributed by atoms with Gasteiger partial charge in [-0.15, -0.1) is 0 Å². The molecule has 2 fully saturated rings. The fraction of sp³-hybridized carbons (Fsp3) is 0.462. The van der Waals surface area contributed by atoms with Gasteiger partial charge in [-0.3, -0.25) is 4.79 Å². The molecule has 0 N–H and O–H groups in total. The van der Waals surface area contributed by atoms with E-state index >= 15 is 8.78 Å². The Morgan fingerprint density at radius 3 is 2.62 bits per heavy atom. The predicted octanol–water partition coefficient (Wildman–Crippen LogP) is 5.96. The molecule has 178 valence electrons. The minimum Gasteiger partial charge on any atom is -0.368 e. The number of hydrogen-bond acceptors (Lipinski definition) is 5. The van der Waals surface area contributed by atoms with Crippen molar-refractivity contribution in [3.05, 3.63) is 46.3 Å². The molecule has 0 unspecified atom stereocenters. The molecule has 0 aliphatic carbocycles. The molecule has 8 heteroatoms. The van der Waals surface area contributed by atoms with E-state index < -0.39 is 17.2 Å². The van der Waals surface area contributed by atoms with Gasteiger partial charge in [0.2, 0.25) is 0 Å². The molecular weight excluding hydrogens is 454 g/mol. The highest BCUT2D eigenvalue weighted by Crippen LogP contribution is 2.43. The van der Waals surface area contributed by atoms with Crippen LogP contribution in [-0.4, -0.2) is 35.1 Å². The van der Waals surface area contributed by atoms with Crippen LogP contribution in [0.5, 0.6) is 0 Å². The monoisotopic (exact) mass is 482 g/mol. The molecule has 2 aliphatic rings. The third kappa shape index (κ3) is 3.21. The number of benzene rings is 2. The molecule has 2 aromatic heterocycles. The van der Waals surface area contributed by atoms with Gasteiger partial charge in [-0.05, 0) is 57.1 Å². The minimum atomic E-state index is -0.633. The van der Waals surface area contributed by atoms with Crippen LogP contribution in [0.3, 0.4) is 0 Å². The van der Waals surface area contributed by atoms with Crippen LogP contribution in [0.2, 0.25) is 0 Å². The Morgan fingerprint density at radius 2 is 1.82 bits per heavy atom. The van der Waals surface area contributed by atoms with Gasteiger partial charge in [0.25, 0.3) is 5.56 Å². The Labute approximate surface area is 200 Å². The van der Waals surface area contributed by atoms with Crippen LogP contribution in [0.15, 0.2) is 29.1 Å². The lowest BCUT2D eigenvalue weighted by atomic mass is 9.98. The summed E-state index contributed by atoms with van der Waals surface area (Å²) in [4.78, 5) is 22.8. The summed E-state index contributed by atoms with van der Waals surface area (Å²) in [5.74, 6) is -0.852. The largest absolute Gasteiger partial charge is 0.368 e. The minimum absolute atomic E-state index is 0.0176.